The van der Waals surface area contributed by atoms with Gasteiger partial charge in [-0.3, -0.25) is 0 Å². The van der Waals surface area contributed by atoms with Gasteiger partial charge in [0, 0.05) is 18.7 Å². The van der Waals surface area contributed by atoms with Gasteiger partial charge in [0.25, 0.3) is 0 Å². The van der Waals surface area contributed by atoms with Crippen molar-refractivity contribution in [3.8, 4) is 11.5 Å². The number of unbranched alkanes of at least 4 members (excludes halogenated alkanes) is 3. The van der Waals surface area contributed by atoms with Gasteiger partial charge in [-0.05, 0) is 6.42 Å². The Balaban J connectivity index is 2.59. The summed E-state index contributed by atoms with van der Waals surface area (Å²) in [6.45, 7) is 3.13. The Morgan fingerprint density at radius 1 is 1.06 bits per heavy atom. The van der Waals surface area contributed by atoms with E-state index in [1.807, 2.05) is 6.07 Å². The van der Waals surface area contributed by atoms with E-state index in [1.54, 1.807) is 20.3 Å². The van der Waals surface area contributed by atoms with Gasteiger partial charge >= 0.3 is 0 Å². The third-order valence-corrected chi connectivity index (χ3v) is 3.13. The fourth-order valence-electron chi connectivity index (χ4n) is 1.76. The number of benzene rings is 1. The van der Waals surface area contributed by atoms with Crippen molar-refractivity contribution in [3.63, 3.8) is 0 Å². The lowest BCUT2D eigenvalue weighted by atomic mass is 10.2. The molecule has 102 valence electrons. The van der Waals surface area contributed by atoms with Gasteiger partial charge in [-0.25, -0.2) is 0 Å². The first-order valence-corrected chi connectivity index (χ1v) is 6.76. The Morgan fingerprint density at radius 2 is 1.72 bits per heavy atom. The average molecular weight is 272 g/mol. The summed E-state index contributed by atoms with van der Waals surface area (Å²) in [4.78, 5) is 0. The van der Waals surface area contributed by atoms with Crippen LogP contribution in [0, 0.1) is 0 Å². The fourth-order valence-corrected chi connectivity index (χ4v) is 1.98. The number of nitrogens with one attached hydrogen (secondary N) is 1. The third-order valence-electron chi connectivity index (χ3n) is 2.82. The van der Waals surface area contributed by atoms with E-state index in [4.69, 9.17) is 21.1 Å². The minimum absolute atomic E-state index is 0.652. The third kappa shape index (κ3) is 4.30. The molecule has 4 heteroatoms. The molecule has 1 N–H and O–H groups in total. The van der Waals surface area contributed by atoms with Crippen LogP contribution in [0.2, 0.25) is 5.02 Å². The van der Waals surface area contributed by atoms with Crippen molar-refractivity contribution in [1.82, 2.24) is 0 Å². The number of methoxy groups -OCH3 is 2. The average Bonchev–Trinajstić information content (AvgIpc) is 2.39. The molecular formula is C14H22ClNO2. The van der Waals surface area contributed by atoms with Crippen LogP contribution in [0.4, 0.5) is 5.69 Å². The van der Waals surface area contributed by atoms with E-state index in [1.165, 1.54) is 19.3 Å². The van der Waals surface area contributed by atoms with Crippen LogP contribution in [0.25, 0.3) is 0 Å². The predicted octanol–water partition coefficient (Wildman–Crippen LogP) is 4.35. The quantitative estimate of drug-likeness (QED) is 0.713. The van der Waals surface area contributed by atoms with Crippen LogP contribution in [0.5, 0.6) is 11.5 Å². The van der Waals surface area contributed by atoms with E-state index in [0.29, 0.717) is 16.5 Å². The van der Waals surface area contributed by atoms with Crippen LogP contribution < -0.4 is 14.8 Å². The summed E-state index contributed by atoms with van der Waals surface area (Å²) in [5, 5.41) is 3.99. The van der Waals surface area contributed by atoms with Crippen molar-refractivity contribution >= 4 is 17.3 Å². The summed E-state index contributed by atoms with van der Waals surface area (Å²) in [7, 11) is 3.23. The maximum absolute atomic E-state index is 6.18. The molecule has 0 saturated carbocycles. The molecule has 0 fully saturated rings. The van der Waals surface area contributed by atoms with Gasteiger partial charge in [-0.2, -0.15) is 0 Å². The standard InChI is InChI=1S/C14H22ClNO2/c1-4-5-6-7-8-16-12-10-14(18-3)13(17-2)9-11(12)15/h9-10,16H,4-8H2,1-3H3. The van der Waals surface area contributed by atoms with Crippen LogP contribution in [-0.2, 0) is 0 Å². The first kappa shape index (κ1) is 15.0. The molecule has 0 atom stereocenters. The number of hydrogen-bond acceptors (Lipinski definition) is 3. The molecular weight excluding hydrogens is 250 g/mol. The molecule has 1 aromatic rings. The number of ether oxygens (including phenoxy) is 2. The second kappa shape index (κ2) is 8.09. The van der Waals surface area contributed by atoms with Gasteiger partial charge in [-0.15, -0.1) is 0 Å². The molecule has 1 rings (SSSR count). The SMILES string of the molecule is CCCCCCNc1cc(OC)c(OC)cc1Cl. The molecule has 0 aliphatic rings. The Labute approximate surface area is 114 Å². The van der Waals surface area contributed by atoms with Gasteiger partial charge in [0.1, 0.15) is 0 Å². The normalized spacial score (nSPS) is 10.2. The van der Waals surface area contributed by atoms with Gasteiger partial charge in [-0.1, -0.05) is 37.8 Å². The van der Waals surface area contributed by atoms with Crippen molar-refractivity contribution in [3.05, 3.63) is 17.2 Å². The van der Waals surface area contributed by atoms with Crippen molar-refractivity contribution in [1.29, 1.82) is 0 Å². The largest absolute Gasteiger partial charge is 0.493 e. The van der Waals surface area contributed by atoms with E-state index >= 15 is 0 Å². The summed E-state index contributed by atoms with van der Waals surface area (Å²) in [6.07, 6.45) is 4.92. The van der Waals surface area contributed by atoms with Crippen molar-refractivity contribution in [2.24, 2.45) is 0 Å². The molecule has 0 heterocycles. The maximum Gasteiger partial charge on any atom is 0.162 e. The molecule has 0 radical (unpaired) electrons. The lowest BCUT2D eigenvalue weighted by Gasteiger charge is -2.13. The van der Waals surface area contributed by atoms with Crippen molar-refractivity contribution in [2.45, 2.75) is 32.6 Å². The Hall–Kier alpha value is -1.09. The first-order valence-electron chi connectivity index (χ1n) is 6.38. The van der Waals surface area contributed by atoms with Gasteiger partial charge in [0.2, 0.25) is 0 Å². The molecule has 0 amide bonds. The molecule has 0 spiro atoms. The maximum atomic E-state index is 6.18. The smallest absolute Gasteiger partial charge is 0.162 e. The van der Waals surface area contributed by atoms with Crippen molar-refractivity contribution in [2.75, 3.05) is 26.1 Å². The number of anilines is 1. The molecule has 1 aromatic carbocycles. The highest BCUT2D eigenvalue weighted by atomic mass is 35.5. The van der Waals surface area contributed by atoms with Crippen LogP contribution in [0.1, 0.15) is 32.6 Å². The molecule has 3 nitrogen and oxygen atoms in total. The van der Waals surface area contributed by atoms with Crippen LogP contribution in [0.15, 0.2) is 12.1 Å². The summed E-state index contributed by atoms with van der Waals surface area (Å²) in [5.41, 5.74) is 0.894. The Morgan fingerprint density at radius 3 is 2.33 bits per heavy atom. The Kier molecular flexibility index (Phi) is 6.73. The molecule has 0 aliphatic carbocycles. The zero-order chi connectivity index (χ0) is 13.4. The summed E-state index contributed by atoms with van der Waals surface area (Å²) in [6, 6.07) is 3.65. The summed E-state index contributed by atoms with van der Waals surface area (Å²) < 4.78 is 10.4. The second-order valence-electron chi connectivity index (χ2n) is 4.17. The summed E-state index contributed by atoms with van der Waals surface area (Å²) >= 11 is 6.18. The van der Waals surface area contributed by atoms with E-state index in [9.17, 15) is 0 Å². The van der Waals surface area contributed by atoms with Crippen LogP contribution in [-0.4, -0.2) is 20.8 Å². The molecule has 0 unspecified atom stereocenters. The first-order chi connectivity index (χ1) is 8.72. The van der Waals surface area contributed by atoms with Crippen LogP contribution in [0.3, 0.4) is 0 Å². The van der Waals surface area contributed by atoms with Gasteiger partial charge in [0.05, 0.1) is 24.9 Å². The van der Waals surface area contributed by atoms with E-state index in [-0.39, 0.29) is 0 Å². The second-order valence-corrected chi connectivity index (χ2v) is 4.58. The highest BCUT2D eigenvalue weighted by molar-refractivity contribution is 6.33. The van der Waals surface area contributed by atoms with Crippen LogP contribution >= 0.6 is 11.6 Å². The van der Waals surface area contributed by atoms with E-state index < -0.39 is 0 Å². The highest BCUT2D eigenvalue weighted by Crippen LogP contribution is 2.35. The predicted molar refractivity (Wildman–Crippen MR) is 77.2 cm³/mol. The Bertz CT molecular complexity index is 369. The number of rotatable bonds is 8. The molecule has 0 aliphatic heterocycles. The van der Waals surface area contributed by atoms with E-state index in [2.05, 4.69) is 12.2 Å². The van der Waals surface area contributed by atoms with Gasteiger partial charge in [0.15, 0.2) is 11.5 Å². The fraction of sp³-hybridized carbons (Fsp3) is 0.571. The lowest BCUT2D eigenvalue weighted by molar-refractivity contribution is 0.355. The highest BCUT2D eigenvalue weighted by Gasteiger charge is 2.09. The van der Waals surface area contributed by atoms with Crippen molar-refractivity contribution < 1.29 is 9.47 Å². The zero-order valence-corrected chi connectivity index (χ0v) is 12.1. The molecule has 0 aromatic heterocycles. The number of hydrogen-bond donors (Lipinski definition) is 1. The topological polar surface area (TPSA) is 30.5 Å². The zero-order valence-electron chi connectivity index (χ0n) is 11.4. The molecule has 0 bridgehead atoms. The summed E-state index contributed by atoms with van der Waals surface area (Å²) in [5.74, 6) is 1.34. The monoisotopic (exact) mass is 271 g/mol. The lowest BCUT2D eigenvalue weighted by Crippen LogP contribution is -2.03. The van der Waals surface area contributed by atoms with Gasteiger partial charge < -0.3 is 14.8 Å². The minimum atomic E-state index is 0.652. The molecule has 0 saturated heterocycles. The van der Waals surface area contributed by atoms with E-state index in [0.717, 1.165) is 18.7 Å². The minimum Gasteiger partial charge on any atom is -0.493 e. The number of halogens is 1. The molecule has 18 heavy (non-hydrogen) atoms.